The number of hydrogen-bond donors (Lipinski definition) is 5. The topological polar surface area (TPSA) is 102 Å². The number of aromatic amines is 2. The van der Waals surface area contributed by atoms with Crippen molar-refractivity contribution in [3.05, 3.63) is 59.0 Å². The van der Waals surface area contributed by atoms with E-state index in [0.29, 0.717) is 19.6 Å². The van der Waals surface area contributed by atoms with Gasteiger partial charge in [-0.25, -0.2) is 4.79 Å². The molecule has 0 aliphatic carbocycles. The smallest absolute Gasteiger partial charge is 0.323 e. The van der Waals surface area contributed by atoms with E-state index in [2.05, 4.69) is 20.6 Å². The molecule has 0 fully saturated rings. The van der Waals surface area contributed by atoms with E-state index in [1.54, 1.807) is 0 Å². The number of ether oxygens (including phenoxy) is 1. The molecular weight excluding hydrogens is 320 g/mol. The molecule has 0 bridgehead atoms. The molecule has 0 aliphatic heterocycles. The van der Waals surface area contributed by atoms with Crippen molar-refractivity contribution in [1.82, 2.24) is 15.3 Å². The second kappa shape index (κ2) is 8.36. The first-order valence-electron chi connectivity index (χ1n) is 8.24. The maximum Gasteiger partial charge on any atom is 0.323 e. The number of aliphatic hydroxyl groups excluding tert-OH is 1. The highest BCUT2D eigenvalue weighted by molar-refractivity contribution is 5.87. The normalized spacial score (nSPS) is 12.2. The molecule has 25 heavy (non-hydrogen) atoms. The Kier molecular flexibility index (Phi) is 5.71. The molecule has 7 nitrogen and oxygen atoms in total. The quantitative estimate of drug-likeness (QED) is 0.377. The van der Waals surface area contributed by atoms with Gasteiger partial charge >= 0.3 is 5.69 Å². The fourth-order valence-electron chi connectivity index (χ4n) is 2.53. The van der Waals surface area contributed by atoms with Gasteiger partial charge in [0.05, 0.1) is 16.7 Å². The van der Waals surface area contributed by atoms with Gasteiger partial charge in [-0.05, 0) is 24.3 Å². The van der Waals surface area contributed by atoms with E-state index >= 15 is 0 Å². The fourth-order valence-corrected chi connectivity index (χ4v) is 2.53. The summed E-state index contributed by atoms with van der Waals surface area (Å²) in [6.07, 6.45) is -0.579. The highest BCUT2D eigenvalue weighted by atomic mass is 16.5. The van der Waals surface area contributed by atoms with Crippen LogP contribution < -0.4 is 21.1 Å². The molecule has 0 radical (unpaired) electrons. The molecule has 3 rings (SSSR count). The molecule has 5 N–H and O–H groups in total. The lowest BCUT2D eigenvalue weighted by Crippen LogP contribution is -2.34. The highest BCUT2D eigenvalue weighted by Gasteiger charge is 2.05. The molecule has 1 aromatic heterocycles. The minimum Gasteiger partial charge on any atom is -0.491 e. The average molecular weight is 342 g/mol. The summed E-state index contributed by atoms with van der Waals surface area (Å²) in [5, 5.41) is 16.4. The van der Waals surface area contributed by atoms with Crippen LogP contribution in [-0.2, 0) is 0 Å². The van der Waals surface area contributed by atoms with Crippen LogP contribution in [0.2, 0.25) is 0 Å². The number of rotatable bonds is 9. The van der Waals surface area contributed by atoms with Crippen LogP contribution in [0.4, 0.5) is 5.69 Å². The molecule has 132 valence electrons. The Balaban J connectivity index is 1.36. The van der Waals surface area contributed by atoms with Crippen LogP contribution in [0.3, 0.4) is 0 Å². The molecule has 2 aromatic carbocycles. The summed E-state index contributed by atoms with van der Waals surface area (Å²) >= 11 is 0. The number of imidazole rings is 1. The Morgan fingerprint density at radius 2 is 1.88 bits per heavy atom. The van der Waals surface area contributed by atoms with E-state index in [-0.39, 0.29) is 12.3 Å². The molecule has 1 unspecified atom stereocenters. The molecule has 0 aliphatic rings. The van der Waals surface area contributed by atoms with Gasteiger partial charge in [0.1, 0.15) is 18.5 Å². The summed E-state index contributed by atoms with van der Waals surface area (Å²) in [4.78, 5) is 16.9. The minimum absolute atomic E-state index is 0.219. The Labute approximate surface area is 145 Å². The van der Waals surface area contributed by atoms with Gasteiger partial charge in [-0.3, -0.25) is 0 Å². The van der Waals surface area contributed by atoms with Crippen LogP contribution in [0.25, 0.3) is 11.0 Å². The third-order valence-corrected chi connectivity index (χ3v) is 3.73. The van der Waals surface area contributed by atoms with Gasteiger partial charge in [0, 0.05) is 19.6 Å². The first-order chi connectivity index (χ1) is 12.2. The van der Waals surface area contributed by atoms with Crippen molar-refractivity contribution in [2.45, 2.75) is 6.10 Å². The number of aromatic nitrogens is 2. The Hall–Kier alpha value is -2.77. The Bertz CT molecular complexity index is 844. The molecule has 0 amide bonds. The number of anilines is 1. The van der Waals surface area contributed by atoms with Gasteiger partial charge in [0.2, 0.25) is 0 Å². The number of hydrogen-bond acceptors (Lipinski definition) is 5. The summed E-state index contributed by atoms with van der Waals surface area (Å²) in [5.74, 6) is 0.747. The molecule has 0 spiro atoms. The maximum atomic E-state index is 11.4. The second-order valence-electron chi connectivity index (χ2n) is 5.72. The molecular formula is C18H22N4O3. The Morgan fingerprint density at radius 3 is 2.72 bits per heavy atom. The molecule has 3 aromatic rings. The maximum absolute atomic E-state index is 11.4. The lowest BCUT2D eigenvalue weighted by Gasteiger charge is -2.14. The fraction of sp³-hybridized carbons (Fsp3) is 0.278. The van der Waals surface area contributed by atoms with Crippen molar-refractivity contribution in [3.8, 4) is 5.75 Å². The van der Waals surface area contributed by atoms with Gasteiger partial charge in [0.25, 0.3) is 0 Å². The van der Waals surface area contributed by atoms with E-state index in [1.165, 1.54) is 0 Å². The third kappa shape index (κ3) is 4.85. The van der Waals surface area contributed by atoms with E-state index in [1.807, 2.05) is 48.5 Å². The molecule has 1 atom stereocenters. The van der Waals surface area contributed by atoms with Crippen LogP contribution in [0.1, 0.15) is 0 Å². The highest BCUT2D eigenvalue weighted by Crippen LogP contribution is 2.17. The molecule has 0 saturated heterocycles. The summed E-state index contributed by atoms with van der Waals surface area (Å²) in [7, 11) is 0. The number of nitrogens with one attached hydrogen (secondary N) is 4. The number of fused-ring (bicyclic) bond motifs is 1. The van der Waals surface area contributed by atoms with Gasteiger partial charge in [0.15, 0.2) is 0 Å². The van der Waals surface area contributed by atoms with Crippen molar-refractivity contribution in [3.63, 3.8) is 0 Å². The van der Waals surface area contributed by atoms with Gasteiger partial charge < -0.3 is 30.4 Å². The minimum atomic E-state index is -0.579. The van der Waals surface area contributed by atoms with E-state index in [0.717, 1.165) is 22.5 Å². The van der Waals surface area contributed by atoms with Gasteiger partial charge in [-0.2, -0.15) is 0 Å². The van der Waals surface area contributed by atoms with E-state index in [4.69, 9.17) is 4.74 Å². The molecule has 7 heteroatoms. The number of aliphatic hydroxyl groups is 1. The van der Waals surface area contributed by atoms with Crippen LogP contribution in [0.15, 0.2) is 53.3 Å². The first kappa shape index (κ1) is 17.1. The second-order valence-corrected chi connectivity index (χ2v) is 5.72. The van der Waals surface area contributed by atoms with Crippen molar-refractivity contribution < 1.29 is 9.84 Å². The summed E-state index contributed by atoms with van der Waals surface area (Å²) in [6.45, 7) is 2.03. The third-order valence-electron chi connectivity index (χ3n) is 3.73. The van der Waals surface area contributed by atoms with Crippen molar-refractivity contribution in [1.29, 1.82) is 0 Å². The zero-order valence-electron chi connectivity index (χ0n) is 13.8. The van der Waals surface area contributed by atoms with Crippen molar-refractivity contribution >= 4 is 16.7 Å². The predicted molar refractivity (Wildman–Crippen MR) is 98.2 cm³/mol. The largest absolute Gasteiger partial charge is 0.491 e. The standard InChI is InChI=1S/C18H22N4O3/c23-13(12-25-14-5-2-1-3-6-14)11-19-9-10-20-15-7-4-8-16-17(15)22-18(24)21-16/h1-8,13,19-20,23H,9-12H2,(H2,21,22,24). The number of benzene rings is 2. The SMILES string of the molecule is O=c1[nH]c2cccc(NCCNCC(O)COc3ccccc3)c2[nH]1. The molecule has 0 saturated carbocycles. The first-order valence-corrected chi connectivity index (χ1v) is 8.24. The van der Waals surface area contributed by atoms with Gasteiger partial charge in [-0.15, -0.1) is 0 Å². The van der Waals surface area contributed by atoms with E-state index < -0.39 is 6.10 Å². The van der Waals surface area contributed by atoms with Crippen LogP contribution in [0.5, 0.6) is 5.75 Å². The lowest BCUT2D eigenvalue weighted by molar-refractivity contribution is 0.107. The number of H-pyrrole nitrogens is 2. The predicted octanol–water partition coefficient (Wildman–Crippen LogP) is 1.30. The monoisotopic (exact) mass is 342 g/mol. The van der Waals surface area contributed by atoms with Gasteiger partial charge in [-0.1, -0.05) is 24.3 Å². The summed E-state index contributed by atoms with van der Waals surface area (Å²) in [5.41, 5.74) is 2.19. The number of para-hydroxylation sites is 2. The summed E-state index contributed by atoms with van der Waals surface area (Å²) in [6, 6.07) is 15.1. The van der Waals surface area contributed by atoms with Crippen LogP contribution in [0, 0.1) is 0 Å². The van der Waals surface area contributed by atoms with Crippen LogP contribution in [-0.4, -0.2) is 47.4 Å². The van der Waals surface area contributed by atoms with Crippen molar-refractivity contribution in [2.75, 3.05) is 31.6 Å². The average Bonchev–Trinajstić information content (AvgIpc) is 3.01. The van der Waals surface area contributed by atoms with E-state index in [9.17, 15) is 9.90 Å². The zero-order valence-corrected chi connectivity index (χ0v) is 13.8. The lowest BCUT2D eigenvalue weighted by atomic mass is 10.2. The summed E-state index contributed by atoms with van der Waals surface area (Å²) < 4.78 is 5.50. The zero-order chi connectivity index (χ0) is 17.5. The Morgan fingerprint density at radius 1 is 1.04 bits per heavy atom. The van der Waals surface area contributed by atoms with Crippen molar-refractivity contribution in [2.24, 2.45) is 0 Å². The van der Waals surface area contributed by atoms with Crippen LogP contribution >= 0.6 is 0 Å². The molecule has 1 heterocycles.